The number of hydrogen-bond donors (Lipinski definition) is 2. The average Bonchev–Trinajstić information content (AvgIpc) is 3.59. The Morgan fingerprint density at radius 2 is 1.92 bits per heavy atom. The Kier molecular flexibility index (Phi) is 5.76. The summed E-state index contributed by atoms with van der Waals surface area (Å²) in [6.07, 6.45) is 10.5. The molecule has 11 heteroatoms. The van der Waals surface area contributed by atoms with Crippen molar-refractivity contribution >= 4 is 17.0 Å². The number of aliphatic hydroxyl groups is 1. The molecule has 11 nitrogen and oxygen atoms in total. The van der Waals surface area contributed by atoms with Gasteiger partial charge in [-0.1, -0.05) is 19.1 Å². The van der Waals surface area contributed by atoms with Crippen LogP contribution in [0.2, 0.25) is 0 Å². The van der Waals surface area contributed by atoms with Crippen LogP contribution in [-0.2, 0) is 33.0 Å². The molecule has 0 aromatic carbocycles. The fourth-order valence-corrected chi connectivity index (χ4v) is 5.54. The fraction of sp³-hybridized carbons (Fsp3) is 0.321. The largest absolute Gasteiger partial charge is 0.392 e. The number of nitrogens with one attached hydrogen (secondary N) is 1. The molecule has 0 aliphatic heterocycles. The molecule has 39 heavy (non-hydrogen) atoms. The standard InChI is InChI=1S/C28H30N8O3/c1-5-34-15-24(31-32-34)30-21-10-18(14-33(4)26(21)38)19-6-7-29-25(20(19)16-37)36-9-8-35-22(27(36)39)11-17-12-28(2,3)13-23(17)35/h6-11,14-15,30,37H,5,12-13,16H2,1-4H3. The lowest BCUT2D eigenvalue weighted by Crippen LogP contribution is -2.23. The quantitative estimate of drug-likeness (QED) is 0.349. The molecule has 1 aliphatic carbocycles. The van der Waals surface area contributed by atoms with Crippen molar-refractivity contribution in [1.82, 2.24) is 33.5 Å². The molecule has 0 saturated carbocycles. The Hall–Kier alpha value is -4.51. The Labute approximate surface area is 224 Å². The van der Waals surface area contributed by atoms with Crippen molar-refractivity contribution in [2.24, 2.45) is 12.5 Å². The number of anilines is 2. The van der Waals surface area contributed by atoms with Gasteiger partial charge in [0.05, 0.1) is 12.8 Å². The molecule has 0 atom stereocenters. The van der Waals surface area contributed by atoms with Crippen LogP contribution >= 0.6 is 0 Å². The van der Waals surface area contributed by atoms with Gasteiger partial charge in [-0.25, -0.2) is 4.98 Å². The van der Waals surface area contributed by atoms with Gasteiger partial charge in [0.15, 0.2) is 5.82 Å². The Bertz CT molecular complexity index is 1860. The molecule has 6 rings (SSSR count). The van der Waals surface area contributed by atoms with E-state index in [9.17, 15) is 14.7 Å². The highest BCUT2D eigenvalue weighted by atomic mass is 16.3. The predicted molar refractivity (Wildman–Crippen MR) is 148 cm³/mol. The second kappa shape index (κ2) is 9.05. The van der Waals surface area contributed by atoms with Crippen LogP contribution in [0.15, 0.2) is 58.8 Å². The number of aliphatic hydroxyl groups excluding tert-OH is 1. The van der Waals surface area contributed by atoms with E-state index in [-0.39, 0.29) is 23.1 Å². The van der Waals surface area contributed by atoms with Gasteiger partial charge in [-0.3, -0.25) is 18.8 Å². The molecule has 0 amide bonds. The van der Waals surface area contributed by atoms with Gasteiger partial charge < -0.3 is 19.4 Å². The molecule has 1 aliphatic rings. The first-order chi connectivity index (χ1) is 18.7. The van der Waals surface area contributed by atoms with Gasteiger partial charge in [-0.15, -0.1) is 5.10 Å². The van der Waals surface area contributed by atoms with Gasteiger partial charge in [0.25, 0.3) is 11.1 Å². The summed E-state index contributed by atoms with van der Waals surface area (Å²) in [7, 11) is 1.66. The van der Waals surface area contributed by atoms with Crippen LogP contribution in [0.1, 0.15) is 37.6 Å². The number of nitrogens with zero attached hydrogens (tertiary/aromatic N) is 7. The number of fused-ring (bicyclic) bond motifs is 3. The minimum atomic E-state index is -0.349. The zero-order chi connectivity index (χ0) is 27.5. The van der Waals surface area contributed by atoms with Crippen LogP contribution in [0.4, 0.5) is 11.5 Å². The third-order valence-electron chi connectivity index (χ3n) is 7.39. The van der Waals surface area contributed by atoms with E-state index < -0.39 is 0 Å². The summed E-state index contributed by atoms with van der Waals surface area (Å²) in [6.45, 7) is 6.72. The van der Waals surface area contributed by atoms with Crippen molar-refractivity contribution in [2.45, 2.75) is 46.8 Å². The van der Waals surface area contributed by atoms with E-state index in [0.717, 1.165) is 12.8 Å². The van der Waals surface area contributed by atoms with E-state index in [4.69, 9.17) is 0 Å². The number of hydrogen-bond acceptors (Lipinski definition) is 7. The SMILES string of the molecule is CCn1cc(Nc2cc(-c3ccnc(-n4ccn5c6c(cc5c4=O)CC(C)(C)C6)c3CO)cn(C)c2=O)nn1. The second-order valence-electron chi connectivity index (χ2n) is 10.8. The molecule has 5 aromatic rings. The van der Waals surface area contributed by atoms with Gasteiger partial charge in [0.2, 0.25) is 0 Å². The van der Waals surface area contributed by atoms with Crippen molar-refractivity contribution in [1.29, 1.82) is 0 Å². The van der Waals surface area contributed by atoms with E-state index in [1.807, 2.05) is 23.6 Å². The molecule has 0 unspecified atom stereocenters. The van der Waals surface area contributed by atoms with E-state index in [2.05, 4.69) is 34.5 Å². The molecule has 5 heterocycles. The second-order valence-corrected chi connectivity index (χ2v) is 10.8. The lowest BCUT2D eigenvalue weighted by Gasteiger charge is -2.17. The lowest BCUT2D eigenvalue weighted by atomic mass is 9.90. The van der Waals surface area contributed by atoms with Gasteiger partial charge >= 0.3 is 0 Å². The minimum Gasteiger partial charge on any atom is -0.392 e. The van der Waals surface area contributed by atoms with Crippen molar-refractivity contribution in [3.05, 3.63) is 86.7 Å². The minimum absolute atomic E-state index is 0.177. The van der Waals surface area contributed by atoms with Crippen LogP contribution in [0.5, 0.6) is 0 Å². The van der Waals surface area contributed by atoms with E-state index >= 15 is 0 Å². The molecule has 200 valence electrons. The molecule has 0 fully saturated rings. The molecule has 5 aromatic heterocycles. The summed E-state index contributed by atoms with van der Waals surface area (Å²) < 4.78 is 6.58. The van der Waals surface area contributed by atoms with Crippen molar-refractivity contribution in [3.63, 3.8) is 0 Å². The maximum Gasteiger partial charge on any atom is 0.280 e. The summed E-state index contributed by atoms with van der Waals surface area (Å²) in [5.74, 6) is 0.796. The molecule has 0 spiro atoms. The van der Waals surface area contributed by atoms with Crippen LogP contribution in [0.3, 0.4) is 0 Å². The van der Waals surface area contributed by atoms with E-state index in [1.54, 1.807) is 48.6 Å². The first kappa shape index (κ1) is 24.8. The lowest BCUT2D eigenvalue weighted by molar-refractivity contribution is 0.281. The topological polar surface area (TPSA) is 124 Å². The van der Waals surface area contributed by atoms with E-state index in [0.29, 0.717) is 46.1 Å². The van der Waals surface area contributed by atoms with Crippen molar-refractivity contribution < 1.29 is 5.11 Å². The number of pyridine rings is 2. The van der Waals surface area contributed by atoms with E-state index in [1.165, 1.54) is 20.4 Å². The number of rotatable bonds is 6. The maximum atomic E-state index is 13.6. The fourth-order valence-electron chi connectivity index (χ4n) is 5.54. The van der Waals surface area contributed by atoms with Crippen molar-refractivity contribution in [3.8, 4) is 16.9 Å². The van der Waals surface area contributed by atoms with Gasteiger partial charge in [-0.05, 0) is 54.5 Å². The van der Waals surface area contributed by atoms with Gasteiger partial charge in [-0.2, -0.15) is 0 Å². The zero-order valence-electron chi connectivity index (χ0n) is 22.3. The summed E-state index contributed by atoms with van der Waals surface area (Å²) in [6, 6.07) is 5.45. The smallest absolute Gasteiger partial charge is 0.280 e. The summed E-state index contributed by atoms with van der Waals surface area (Å²) >= 11 is 0. The normalized spacial score (nSPS) is 14.2. The summed E-state index contributed by atoms with van der Waals surface area (Å²) in [4.78, 5) is 31.0. The predicted octanol–water partition coefficient (Wildman–Crippen LogP) is 2.82. The maximum absolute atomic E-state index is 13.6. The van der Waals surface area contributed by atoms with Crippen molar-refractivity contribution in [2.75, 3.05) is 5.32 Å². The van der Waals surface area contributed by atoms with Crippen LogP contribution < -0.4 is 16.4 Å². The first-order valence-electron chi connectivity index (χ1n) is 12.9. The molecular weight excluding hydrogens is 496 g/mol. The van der Waals surface area contributed by atoms with Crippen LogP contribution in [0, 0.1) is 5.41 Å². The number of aryl methyl sites for hydroxylation is 2. The summed E-state index contributed by atoms with van der Waals surface area (Å²) in [5, 5.41) is 21.6. The monoisotopic (exact) mass is 526 g/mol. The molecule has 2 N–H and O–H groups in total. The molecule has 0 bridgehead atoms. The highest BCUT2D eigenvalue weighted by Gasteiger charge is 2.31. The molecule has 0 radical (unpaired) electrons. The Morgan fingerprint density at radius 1 is 1.10 bits per heavy atom. The highest BCUT2D eigenvalue weighted by Crippen LogP contribution is 2.37. The third-order valence-corrected chi connectivity index (χ3v) is 7.39. The van der Waals surface area contributed by atoms with Crippen LogP contribution in [-0.4, -0.2) is 38.6 Å². The molecular formula is C28H30N8O3. The first-order valence-corrected chi connectivity index (χ1v) is 12.9. The average molecular weight is 527 g/mol. The highest BCUT2D eigenvalue weighted by molar-refractivity contribution is 5.73. The van der Waals surface area contributed by atoms with Crippen LogP contribution in [0.25, 0.3) is 22.5 Å². The Balaban J connectivity index is 1.45. The van der Waals surface area contributed by atoms with Gasteiger partial charge in [0.1, 0.15) is 17.0 Å². The third kappa shape index (κ3) is 4.15. The zero-order valence-corrected chi connectivity index (χ0v) is 22.3. The molecule has 0 saturated heterocycles. The van der Waals surface area contributed by atoms with Gasteiger partial charge in [0, 0.05) is 55.2 Å². The Morgan fingerprint density at radius 3 is 2.67 bits per heavy atom. The summed E-state index contributed by atoms with van der Waals surface area (Å²) in [5.41, 5.74) is 4.81. The number of aromatic nitrogens is 7.